The first-order valence-electron chi connectivity index (χ1n) is 5.00. The Balaban J connectivity index is 2.15. The van der Waals surface area contributed by atoms with E-state index in [1.807, 2.05) is 23.1 Å². The summed E-state index contributed by atoms with van der Waals surface area (Å²) in [5.74, 6) is 0.621. The van der Waals surface area contributed by atoms with Gasteiger partial charge in [-0.1, -0.05) is 28.9 Å². The molecule has 3 rings (SSSR count). The monoisotopic (exact) mass is 265 g/mol. The molecular weight excluding hydrogens is 258 g/mol. The van der Waals surface area contributed by atoms with Gasteiger partial charge in [-0.2, -0.15) is 0 Å². The Labute approximate surface area is 108 Å². The van der Waals surface area contributed by atoms with E-state index in [4.69, 9.17) is 23.8 Å². The predicted octanol–water partition coefficient (Wildman–Crippen LogP) is 1.89. The molecule has 0 radical (unpaired) electrons. The molecule has 0 fully saturated rings. The Morgan fingerprint density at radius 3 is 2.94 bits per heavy atom. The van der Waals surface area contributed by atoms with Crippen LogP contribution in [-0.2, 0) is 13.5 Å². The number of halogens is 1. The van der Waals surface area contributed by atoms with E-state index in [-0.39, 0.29) is 0 Å². The average Bonchev–Trinajstić information content (AvgIpc) is 2.80. The smallest absolute Gasteiger partial charge is 0.254 e. The van der Waals surface area contributed by atoms with Crippen molar-refractivity contribution in [3.63, 3.8) is 0 Å². The van der Waals surface area contributed by atoms with Crippen LogP contribution in [0.25, 0.3) is 0 Å². The van der Waals surface area contributed by atoms with Crippen LogP contribution in [0, 0.1) is 0 Å². The Kier molecular flexibility index (Phi) is 2.34. The lowest BCUT2D eigenvalue weighted by Crippen LogP contribution is -2.22. The molecule has 0 aliphatic carbocycles. The van der Waals surface area contributed by atoms with Crippen molar-refractivity contribution in [2.45, 2.75) is 6.42 Å². The molecule has 0 bridgehead atoms. The molecule has 1 aliphatic heterocycles. The number of aryl methyl sites for hydroxylation is 1. The zero-order valence-corrected chi connectivity index (χ0v) is 10.5. The van der Waals surface area contributed by atoms with Gasteiger partial charge in [0.2, 0.25) is 0 Å². The van der Waals surface area contributed by atoms with Crippen LogP contribution in [0.2, 0.25) is 5.02 Å². The summed E-state index contributed by atoms with van der Waals surface area (Å²) in [6.45, 7) is 0. The van der Waals surface area contributed by atoms with E-state index in [0.717, 1.165) is 16.2 Å². The summed E-state index contributed by atoms with van der Waals surface area (Å²) < 4.78 is 1.59. The zero-order chi connectivity index (χ0) is 12.0. The van der Waals surface area contributed by atoms with Crippen molar-refractivity contribution in [1.82, 2.24) is 20.2 Å². The van der Waals surface area contributed by atoms with Crippen molar-refractivity contribution in [3.05, 3.63) is 28.8 Å². The quantitative estimate of drug-likeness (QED) is 0.737. The van der Waals surface area contributed by atoms with E-state index in [2.05, 4.69) is 15.5 Å². The highest BCUT2D eigenvalue weighted by molar-refractivity contribution is 7.80. The van der Waals surface area contributed by atoms with Gasteiger partial charge in [0.1, 0.15) is 0 Å². The third-order valence-corrected chi connectivity index (χ3v) is 3.23. The van der Waals surface area contributed by atoms with Crippen molar-refractivity contribution in [2.24, 2.45) is 7.05 Å². The first kappa shape index (κ1) is 10.6. The lowest BCUT2D eigenvalue weighted by Gasteiger charge is -2.16. The topological polar surface area (TPSA) is 46.8 Å². The maximum atomic E-state index is 5.97. The van der Waals surface area contributed by atoms with Gasteiger partial charge >= 0.3 is 0 Å². The van der Waals surface area contributed by atoms with Crippen LogP contribution in [0.15, 0.2) is 18.2 Å². The summed E-state index contributed by atoms with van der Waals surface area (Å²) in [4.78, 5) is 2.65. The van der Waals surface area contributed by atoms with Crippen LogP contribution in [0.5, 0.6) is 0 Å². The number of fused-ring (bicyclic) bond motifs is 1. The van der Waals surface area contributed by atoms with Gasteiger partial charge < -0.3 is 0 Å². The molecule has 1 aromatic heterocycles. The third-order valence-electron chi connectivity index (χ3n) is 2.67. The number of tetrazole rings is 1. The van der Waals surface area contributed by atoms with Crippen molar-refractivity contribution in [2.75, 3.05) is 4.90 Å². The third kappa shape index (κ3) is 1.60. The van der Waals surface area contributed by atoms with E-state index in [9.17, 15) is 0 Å². The lowest BCUT2D eigenvalue weighted by atomic mass is 10.2. The van der Waals surface area contributed by atoms with Gasteiger partial charge in [-0.25, -0.2) is 4.68 Å². The number of rotatable bonds is 1. The number of hydrogen-bond acceptors (Lipinski definition) is 4. The summed E-state index contributed by atoms with van der Waals surface area (Å²) in [5.41, 5.74) is 2.10. The van der Waals surface area contributed by atoms with Crippen molar-refractivity contribution in [1.29, 1.82) is 0 Å². The molecule has 1 aliphatic rings. The molecular formula is C10H8ClN5S. The van der Waals surface area contributed by atoms with Gasteiger partial charge in [0.25, 0.3) is 5.95 Å². The fourth-order valence-corrected chi connectivity index (χ4v) is 2.45. The van der Waals surface area contributed by atoms with Crippen molar-refractivity contribution < 1.29 is 0 Å². The molecule has 0 spiro atoms. The van der Waals surface area contributed by atoms with Crippen LogP contribution in [0.3, 0.4) is 0 Å². The normalized spacial score (nSPS) is 14.2. The van der Waals surface area contributed by atoms with Crippen LogP contribution in [-0.4, -0.2) is 25.2 Å². The maximum Gasteiger partial charge on any atom is 0.254 e. The second-order valence-corrected chi connectivity index (χ2v) is 4.69. The van der Waals surface area contributed by atoms with Gasteiger partial charge in [0.15, 0.2) is 0 Å². The molecule has 2 aromatic rings. The lowest BCUT2D eigenvalue weighted by molar-refractivity contribution is 0.712. The maximum absolute atomic E-state index is 5.97. The molecule has 7 heteroatoms. The van der Waals surface area contributed by atoms with E-state index in [1.54, 1.807) is 11.7 Å². The Bertz CT molecular complexity index is 608. The minimum Gasteiger partial charge on any atom is -0.271 e. The fraction of sp³-hybridized carbons (Fsp3) is 0.200. The second kappa shape index (κ2) is 3.75. The highest BCUT2D eigenvalue weighted by Gasteiger charge is 2.28. The minimum absolute atomic E-state index is 0.621. The number of thiocarbonyl (C=S) groups is 1. The number of anilines is 2. The van der Waals surface area contributed by atoms with E-state index >= 15 is 0 Å². The molecule has 1 aromatic carbocycles. The van der Waals surface area contributed by atoms with Crippen LogP contribution in [0.4, 0.5) is 11.6 Å². The van der Waals surface area contributed by atoms with E-state index in [0.29, 0.717) is 17.4 Å². The standard InChI is InChI=1S/C10H8ClN5S/c1-15-10(12-13-14-15)16-8-3-2-7(11)4-6(8)5-9(16)17/h2-4H,5H2,1H3. The zero-order valence-electron chi connectivity index (χ0n) is 8.96. The number of benzene rings is 1. The van der Waals surface area contributed by atoms with Gasteiger partial charge in [-0.05, 0) is 34.2 Å². The van der Waals surface area contributed by atoms with Crippen LogP contribution >= 0.6 is 23.8 Å². The molecule has 0 amide bonds. The fourth-order valence-electron chi connectivity index (χ4n) is 1.92. The molecule has 2 heterocycles. The molecule has 0 atom stereocenters. The molecule has 0 unspecified atom stereocenters. The summed E-state index contributed by atoms with van der Waals surface area (Å²) in [6, 6.07) is 5.70. The average molecular weight is 266 g/mol. The number of aromatic nitrogens is 4. The summed E-state index contributed by atoms with van der Waals surface area (Å²) in [6.07, 6.45) is 0.693. The predicted molar refractivity (Wildman–Crippen MR) is 68.7 cm³/mol. The van der Waals surface area contributed by atoms with E-state index in [1.165, 1.54) is 0 Å². The largest absolute Gasteiger partial charge is 0.271 e. The number of hydrogen-bond donors (Lipinski definition) is 0. The minimum atomic E-state index is 0.621. The van der Waals surface area contributed by atoms with Crippen LogP contribution < -0.4 is 4.90 Å². The second-order valence-electron chi connectivity index (χ2n) is 3.78. The summed E-state index contributed by atoms with van der Waals surface area (Å²) in [7, 11) is 1.78. The van der Waals surface area contributed by atoms with Crippen molar-refractivity contribution >= 4 is 40.4 Å². The van der Waals surface area contributed by atoms with Gasteiger partial charge in [-0.15, -0.1) is 0 Å². The summed E-state index contributed by atoms with van der Waals surface area (Å²) in [5, 5.41) is 12.1. The Hall–Kier alpha value is -1.53. The molecule has 17 heavy (non-hydrogen) atoms. The highest BCUT2D eigenvalue weighted by Crippen LogP contribution is 2.35. The first-order chi connectivity index (χ1) is 8.16. The Morgan fingerprint density at radius 2 is 2.24 bits per heavy atom. The molecule has 0 saturated heterocycles. The highest BCUT2D eigenvalue weighted by atomic mass is 35.5. The first-order valence-corrected chi connectivity index (χ1v) is 5.79. The molecule has 86 valence electrons. The molecule has 5 nitrogen and oxygen atoms in total. The summed E-state index contributed by atoms with van der Waals surface area (Å²) >= 11 is 11.3. The van der Waals surface area contributed by atoms with Crippen LogP contribution in [0.1, 0.15) is 5.56 Å². The van der Waals surface area contributed by atoms with Gasteiger partial charge in [-0.3, -0.25) is 4.90 Å². The molecule has 0 N–H and O–H groups in total. The van der Waals surface area contributed by atoms with E-state index < -0.39 is 0 Å². The van der Waals surface area contributed by atoms with Crippen molar-refractivity contribution in [3.8, 4) is 0 Å². The number of nitrogens with zero attached hydrogens (tertiary/aromatic N) is 5. The van der Waals surface area contributed by atoms with Gasteiger partial charge in [0.05, 0.1) is 10.7 Å². The Morgan fingerprint density at radius 1 is 1.41 bits per heavy atom. The molecule has 0 saturated carbocycles. The SMILES string of the molecule is Cn1nnnc1N1C(=S)Cc2cc(Cl)ccc21. The van der Waals surface area contributed by atoms with Gasteiger partial charge in [0, 0.05) is 18.5 Å².